The van der Waals surface area contributed by atoms with Crippen LogP contribution in [0.15, 0.2) is 46.2 Å². The molecule has 0 amide bonds. The number of nitrogens with zero attached hydrogens (tertiary/aromatic N) is 3. The highest BCUT2D eigenvalue weighted by molar-refractivity contribution is 7.89. The van der Waals surface area contributed by atoms with Gasteiger partial charge in [0, 0.05) is 25.5 Å². The standard InChI is InChI=1S/C25H33N5O5S/c1-24(2,3)35-23(32)25(4,5)29(6)36(33,34)18-11-9-17(10-12-18)27-21-20-19(13-14-26-22(20)31)30(28-21)15-16-7-8-16/h9-14,16H,7-8,15H2,1-6H3,(H,26,31)(H,27,28). The molecule has 194 valence electrons. The molecule has 0 aliphatic heterocycles. The lowest BCUT2D eigenvalue weighted by Gasteiger charge is -2.34. The number of benzene rings is 1. The van der Waals surface area contributed by atoms with Crippen LogP contribution in [0.3, 0.4) is 0 Å². The number of aromatic nitrogens is 3. The minimum absolute atomic E-state index is 0.0224. The van der Waals surface area contributed by atoms with Crippen LogP contribution in [0, 0.1) is 5.92 Å². The second-order valence-corrected chi connectivity index (χ2v) is 12.7. The second kappa shape index (κ2) is 9.04. The number of ether oxygens (including phenoxy) is 1. The molecule has 2 N–H and O–H groups in total. The SMILES string of the molecule is CN(C(C)(C)C(=O)OC(C)(C)C)S(=O)(=O)c1ccc(Nc2nn(CC3CC3)c3cc[nH]c(=O)c23)cc1. The van der Waals surface area contributed by atoms with Crippen LogP contribution in [-0.2, 0) is 26.1 Å². The third-order valence-corrected chi connectivity index (χ3v) is 8.31. The van der Waals surface area contributed by atoms with Crippen molar-refractivity contribution in [3.05, 3.63) is 46.9 Å². The van der Waals surface area contributed by atoms with Crippen LogP contribution in [-0.4, -0.2) is 51.6 Å². The van der Waals surface area contributed by atoms with E-state index in [9.17, 15) is 18.0 Å². The topological polar surface area (TPSA) is 126 Å². The summed E-state index contributed by atoms with van der Waals surface area (Å²) in [5.74, 6) is 0.344. The van der Waals surface area contributed by atoms with Gasteiger partial charge in [-0.15, -0.1) is 0 Å². The highest BCUT2D eigenvalue weighted by Gasteiger charge is 2.42. The molecule has 2 heterocycles. The van der Waals surface area contributed by atoms with Crippen molar-refractivity contribution in [1.82, 2.24) is 19.1 Å². The van der Waals surface area contributed by atoms with E-state index in [4.69, 9.17) is 4.74 Å². The molecule has 36 heavy (non-hydrogen) atoms. The maximum atomic E-state index is 13.3. The van der Waals surface area contributed by atoms with E-state index in [0.29, 0.717) is 22.8 Å². The number of likely N-dealkylation sites (N-methyl/N-ethyl adjacent to an activating group) is 1. The summed E-state index contributed by atoms with van der Waals surface area (Å²) in [5.41, 5.74) is -1.09. The van der Waals surface area contributed by atoms with E-state index in [0.717, 1.165) is 29.2 Å². The zero-order chi connectivity index (χ0) is 26.5. The summed E-state index contributed by atoms with van der Waals surface area (Å²) in [5, 5.41) is 8.22. The normalized spacial score (nSPS) is 14.9. The zero-order valence-corrected chi connectivity index (χ0v) is 22.3. The first-order valence-electron chi connectivity index (χ1n) is 11.9. The Balaban J connectivity index is 1.58. The Bertz CT molecular complexity index is 1440. The molecule has 2 aromatic heterocycles. The number of H-pyrrole nitrogens is 1. The summed E-state index contributed by atoms with van der Waals surface area (Å²) >= 11 is 0. The monoisotopic (exact) mass is 515 g/mol. The number of carbonyl (C=O) groups excluding carboxylic acids is 1. The van der Waals surface area contributed by atoms with Crippen LogP contribution in [0.1, 0.15) is 47.5 Å². The minimum atomic E-state index is -4.00. The van der Waals surface area contributed by atoms with Gasteiger partial charge in [0.25, 0.3) is 5.56 Å². The van der Waals surface area contributed by atoms with Crippen LogP contribution >= 0.6 is 0 Å². The fourth-order valence-corrected chi connectivity index (χ4v) is 5.22. The predicted molar refractivity (Wildman–Crippen MR) is 138 cm³/mol. The molecule has 0 bridgehead atoms. The molecule has 4 rings (SSSR count). The summed E-state index contributed by atoms with van der Waals surface area (Å²) in [4.78, 5) is 27.9. The van der Waals surface area contributed by atoms with Gasteiger partial charge in [-0.05, 0) is 83.7 Å². The van der Waals surface area contributed by atoms with Crippen molar-refractivity contribution in [3.63, 3.8) is 0 Å². The fourth-order valence-electron chi connectivity index (χ4n) is 3.75. The third-order valence-electron chi connectivity index (χ3n) is 6.26. The number of fused-ring (bicyclic) bond motifs is 1. The summed E-state index contributed by atoms with van der Waals surface area (Å²) in [6.45, 7) is 8.95. The number of pyridine rings is 1. The van der Waals surface area contributed by atoms with Crippen molar-refractivity contribution >= 4 is 38.4 Å². The molecular formula is C25H33N5O5S. The summed E-state index contributed by atoms with van der Waals surface area (Å²) in [6.07, 6.45) is 3.92. The predicted octanol–water partition coefficient (Wildman–Crippen LogP) is 3.62. The number of hydrogen-bond acceptors (Lipinski definition) is 7. The molecule has 10 nitrogen and oxygen atoms in total. The number of hydrogen-bond donors (Lipinski definition) is 2. The Kier molecular flexibility index (Phi) is 6.50. The molecule has 0 radical (unpaired) electrons. The van der Waals surface area contributed by atoms with Crippen molar-refractivity contribution in [3.8, 4) is 0 Å². The number of anilines is 2. The van der Waals surface area contributed by atoms with Crippen molar-refractivity contribution in [2.75, 3.05) is 12.4 Å². The third kappa shape index (κ3) is 5.17. The zero-order valence-electron chi connectivity index (χ0n) is 21.5. The van der Waals surface area contributed by atoms with Gasteiger partial charge < -0.3 is 15.0 Å². The highest BCUT2D eigenvalue weighted by atomic mass is 32.2. The Morgan fingerprint density at radius 3 is 2.39 bits per heavy atom. The van der Waals surface area contributed by atoms with Crippen LogP contribution < -0.4 is 10.9 Å². The average Bonchev–Trinajstić information content (AvgIpc) is 3.54. The van der Waals surface area contributed by atoms with Gasteiger partial charge >= 0.3 is 5.97 Å². The van der Waals surface area contributed by atoms with Crippen molar-refractivity contribution < 1.29 is 17.9 Å². The van der Waals surface area contributed by atoms with Gasteiger partial charge in [0.05, 0.1) is 10.4 Å². The lowest BCUT2D eigenvalue weighted by atomic mass is 10.1. The van der Waals surface area contributed by atoms with Gasteiger partial charge in [-0.25, -0.2) is 8.42 Å². The highest BCUT2D eigenvalue weighted by Crippen LogP contribution is 2.33. The van der Waals surface area contributed by atoms with E-state index in [1.807, 2.05) is 10.7 Å². The molecular weight excluding hydrogens is 482 g/mol. The maximum Gasteiger partial charge on any atom is 0.327 e. The largest absolute Gasteiger partial charge is 0.459 e. The molecule has 0 atom stereocenters. The van der Waals surface area contributed by atoms with Crippen molar-refractivity contribution in [2.24, 2.45) is 5.92 Å². The van der Waals surface area contributed by atoms with Gasteiger partial charge in [-0.3, -0.25) is 14.3 Å². The van der Waals surface area contributed by atoms with Gasteiger partial charge in [-0.2, -0.15) is 9.40 Å². The molecule has 1 aliphatic carbocycles. The summed E-state index contributed by atoms with van der Waals surface area (Å²) in [6, 6.07) is 7.93. The maximum absolute atomic E-state index is 13.3. The Hall–Kier alpha value is -3.18. The molecule has 0 saturated heterocycles. The second-order valence-electron chi connectivity index (χ2n) is 10.7. The fraction of sp³-hybridized carbons (Fsp3) is 0.480. The van der Waals surface area contributed by atoms with Crippen LogP contribution in [0.4, 0.5) is 11.5 Å². The number of nitrogens with one attached hydrogen (secondary N) is 2. The minimum Gasteiger partial charge on any atom is -0.459 e. The molecule has 0 spiro atoms. The first-order valence-corrected chi connectivity index (χ1v) is 13.3. The van der Waals surface area contributed by atoms with E-state index >= 15 is 0 Å². The quantitative estimate of drug-likeness (QED) is 0.439. The number of rotatable bonds is 8. The van der Waals surface area contributed by atoms with E-state index in [-0.39, 0.29) is 10.5 Å². The Morgan fingerprint density at radius 2 is 1.81 bits per heavy atom. The molecule has 1 fully saturated rings. The average molecular weight is 516 g/mol. The first kappa shape index (κ1) is 25.9. The molecule has 1 aliphatic rings. The van der Waals surface area contributed by atoms with E-state index in [1.54, 1.807) is 39.1 Å². The van der Waals surface area contributed by atoms with Crippen molar-refractivity contribution in [1.29, 1.82) is 0 Å². The molecule has 11 heteroatoms. The van der Waals surface area contributed by atoms with E-state index < -0.39 is 27.1 Å². The van der Waals surface area contributed by atoms with Crippen LogP contribution in [0.5, 0.6) is 0 Å². The Labute approximate surface area is 210 Å². The number of esters is 1. The first-order chi connectivity index (χ1) is 16.7. The van der Waals surface area contributed by atoms with Crippen molar-refractivity contribution in [2.45, 2.75) is 70.0 Å². The molecule has 3 aromatic rings. The molecule has 0 unspecified atom stereocenters. The van der Waals surface area contributed by atoms with E-state index in [2.05, 4.69) is 15.4 Å². The van der Waals surface area contributed by atoms with E-state index in [1.165, 1.54) is 33.0 Å². The Morgan fingerprint density at radius 1 is 1.17 bits per heavy atom. The number of sulfonamides is 1. The smallest absolute Gasteiger partial charge is 0.327 e. The van der Waals surface area contributed by atoms with Gasteiger partial charge in [0.15, 0.2) is 5.82 Å². The summed E-state index contributed by atoms with van der Waals surface area (Å²) < 4.78 is 34.9. The molecule has 1 saturated carbocycles. The molecule has 1 aromatic carbocycles. The summed E-state index contributed by atoms with van der Waals surface area (Å²) in [7, 11) is -2.64. The van der Waals surface area contributed by atoms with Gasteiger partial charge in [0.1, 0.15) is 16.5 Å². The number of carbonyl (C=O) groups is 1. The van der Waals surface area contributed by atoms with Gasteiger partial charge in [-0.1, -0.05) is 0 Å². The number of aromatic amines is 1. The van der Waals surface area contributed by atoms with Crippen LogP contribution in [0.2, 0.25) is 0 Å². The van der Waals surface area contributed by atoms with Gasteiger partial charge in [0.2, 0.25) is 10.0 Å². The lowest BCUT2D eigenvalue weighted by Crippen LogP contribution is -2.52. The lowest BCUT2D eigenvalue weighted by molar-refractivity contribution is -0.164. The van der Waals surface area contributed by atoms with Crippen LogP contribution in [0.25, 0.3) is 10.9 Å².